The zero-order valence-electron chi connectivity index (χ0n) is 23.7. The van der Waals surface area contributed by atoms with Gasteiger partial charge >= 0.3 is 24.2 Å². The molecule has 0 saturated carbocycles. The van der Waals surface area contributed by atoms with Crippen LogP contribution in [0.1, 0.15) is 69.2 Å². The van der Waals surface area contributed by atoms with E-state index in [9.17, 15) is 29.1 Å². The van der Waals surface area contributed by atoms with Gasteiger partial charge in [-0.25, -0.2) is 24.2 Å². The molecule has 4 amide bonds. The van der Waals surface area contributed by atoms with Crippen molar-refractivity contribution >= 4 is 36.1 Å². The number of amides is 4. The van der Waals surface area contributed by atoms with E-state index in [-0.39, 0.29) is 12.5 Å². The predicted molar refractivity (Wildman–Crippen MR) is 139 cm³/mol. The maximum atomic E-state index is 12.2. The highest BCUT2D eigenvalue weighted by molar-refractivity contribution is 6.01. The minimum Gasteiger partial charge on any atom is -0.479 e. The Labute approximate surface area is 222 Å². The quantitative estimate of drug-likeness (QED) is 0.139. The minimum absolute atomic E-state index is 0.212. The normalized spacial score (nSPS) is 13.4. The number of hydrogen-bond acceptors (Lipinski definition) is 9. The summed E-state index contributed by atoms with van der Waals surface area (Å²) in [5.41, 5.74) is -4.27. The van der Waals surface area contributed by atoms with E-state index in [1.54, 1.807) is 62.3 Å². The standard InChI is InChI=1S/C24H41N5O9/c1-21(2,3)36-18(33)26-14-15(30)29-24(10,16(31)32)12-11-13-25-17(27-19(34)37-22(4,5)6)28-20(35)38-23(7,8)9/h11-12H,13-14H2,1-10H3,(H,26,33)(H,29,30)(H,31,32)(H2,25,27,28,34,35)/b12-11+/t24-/m0/s1. The molecule has 1 atom stereocenters. The van der Waals surface area contributed by atoms with E-state index in [0.29, 0.717) is 0 Å². The summed E-state index contributed by atoms with van der Waals surface area (Å²) < 4.78 is 15.3. The van der Waals surface area contributed by atoms with Gasteiger partial charge < -0.3 is 30.0 Å². The van der Waals surface area contributed by atoms with Gasteiger partial charge in [0.05, 0.1) is 6.54 Å². The zero-order valence-corrected chi connectivity index (χ0v) is 23.7. The molecule has 0 unspecified atom stereocenters. The summed E-state index contributed by atoms with van der Waals surface area (Å²) in [4.78, 5) is 64.0. The van der Waals surface area contributed by atoms with Crippen molar-refractivity contribution in [2.75, 3.05) is 13.1 Å². The molecule has 0 fully saturated rings. The number of aliphatic carboxylic acids is 1. The Bertz CT molecular complexity index is 908. The Hall–Kier alpha value is -3.84. The van der Waals surface area contributed by atoms with E-state index in [1.807, 2.05) is 0 Å². The van der Waals surface area contributed by atoms with Crippen molar-refractivity contribution in [3.05, 3.63) is 12.2 Å². The topological polar surface area (TPSA) is 194 Å². The van der Waals surface area contributed by atoms with Crippen molar-refractivity contribution in [1.29, 1.82) is 0 Å². The first-order valence-electron chi connectivity index (χ1n) is 11.7. The SMILES string of the molecule is CC(C)(C)OC(=O)NCC(=O)N[C@@](C)(/C=C/CN=C(NC(=O)OC(C)(C)C)NC(=O)OC(C)(C)C)C(=O)O. The molecule has 0 aromatic rings. The number of carboxylic acid groups (broad SMARTS) is 1. The van der Waals surface area contributed by atoms with Crippen LogP contribution < -0.4 is 21.3 Å². The summed E-state index contributed by atoms with van der Waals surface area (Å²) in [7, 11) is 0. The number of alkyl carbamates (subject to hydrolysis) is 3. The number of nitrogens with one attached hydrogen (secondary N) is 4. The summed E-state index contributed by atoms with van der Waals surface area (Å²) in [5.74, 6) is -2.48. The molecule has 0 radical (unpaired) electrons. The van der Waals surface area contributed by atoms with Gasteiger partial charge in [-0.2, -0.15) is 0 Å². The van der Waals surface area contributed by atoms with Gasteiger partial charge in [-0.1, -0.05) is 12.2 Å². The summed E-state index contributed by atoms with van der Waals surface area (Å²) in [6.07, 6.45) is -0.170. The van der Waals surface area contributed by atoms with E-state index in [0.717, 1.165) is 6.08 Å². The maximum Gasteiger partial charge on any atom is 0.414 e. The van der Waals surface area contributed by atoms with Crippen molar-refractivity contribution in [1.82, 2.24) is 21.3 Å². The van der Waals surface area contributed by atoms with Crippen LogP contribution >= 0.6 is 0 Å². The summed E-state index contributed by atoms with van der Waals surface area (Å²) in [6, 6.07) is 0. The average Bonchev–Trinajstić information content (AvgIpc) is 2.65. The van der Waals surface area contributed by atoms with Gasteiger partial charge in [0.15, 0.2) is 5.54 Å². The van der Waals surface area contributed by atoms with Crippen LogP contribution in [-0.2, 0) is 23.8 Å². The lowest BCUT2D eigenvalue weighted by Crippen LogP contribution is -2.53. The fourth-order valence-electron chi connectivity index (χ4n) is 2.31. The summed E-state index contributed by atoms with van der Waals surface area (Å²) in [5, 5.41) is 18.7. The highest BCUT2D eigenvalue weighted by Crippen LogP contribution is 2.09. The number of hydrogen-bond donors (Lipinski definition) is 5. The lowest BCUT2D eigenvalue weighted by molar-refractivity contribution is -0.144. The molecule has 0 aliphatic rings. The molecule has 5 N–H and O–H groups in total. The number of rotatable bonds is 7. The second-order valence-electron chi connectivity index (χ2n) is 11.3. The number of ether oxygens (including phenoxy) is 3. The first-order valence-corrected chi connectivity index (χ1v) is 11.7. The van der Waals surface area contributed by atoms with Gasteiger partial charge in [0.1, 0.15) is 23.3 Å². The predicted octanol–water partition coefficient (Wildman–Crippen LogP) is 2.43. The Morgan fingerprint density at radius 2 is 1.16 bits per heavy atom. The van der Waals surface area contributed by atoms with Crippen LogP contribution in [0.2, 0.25) is 0 Å². The molecule has 14 heteroatoms. The van der Waals surface area contributed by atoms with Crippen LogP contribution in [0.4, 0.5) is 14.4 Å². The van der Waals surface area contributed by atoms with Crippen molar-refractivity contribution in [2.45, 2.75) is 91.6 Å². The third-order valence-electron chi connectivity index (χ3n) is 3.68. The number of carboxylic acids is 1. The smallest absolute Gasteiger partial charge is 0.414 e. The highest BCUT2D eigenvalue weighted by Gasteiger charge is 2.32. The fraction of sp³-hybridized carbons (Fsp3) is 0.667. The third-order valence-corrected chi connectivity index (χ3v) is 3.68. The van der Waals surface area contributed by atoms with Crippen LogP contribution in [0.15, 0.2) is 17.1 Å². The third kappa shape index (κ3) is 16.8. The molecule has 0 bridgehead atoms. The average molecular weight is 544 g/mol. The van der Waals surface area contributed by atoms with Crippen molar-refractivity contribution < 1.29 is 43.3 Å². The van der Waals surface area contributed by atoms with Crippen molar-refractivity contribution in [3.63, 3.8) is 0 Å². The van der Waals surface area contributed by atoms with E-state index >= 15 is 0 Å². The summed E-state index contributed by atoms with van der Waals surface area (Å²) >= 11 is 0. The van der Waals surface area contributed by atoms with Crippen molar-refractivity contribution in [3.8, 4) is 0 Å². The Morgan fingerprint density at radius 3 is 1.55 bits per heavy atom. The lowest BCUT2D eigenvalue weighted by Gasteiger charge is -2.23. The van der Waals surface area contributed by atoms with Crippen molar-refractivity contribution in [2.24, 2.45) is 4.99 Å². The molecule has 0 aliphatic carbocycles. The van der Waals surface area contributed by atoms with Gasteiger partial charge in [0.25, 0.3) is 0 Å². The second kappa shape index (κ2) is 13.6. The molecule has 0 aromatic heterocycles. The van der Waals surface area contributed by atoms with Gasteiger partial charge in [-0.3, -0.25) is 15.4 Å². The van der Waals surface area contributed by atoms with Gasteiger partial charge in [0, 0.05) is 0 Å². The molecular weight excluding hydrogens is 502 g/mol. The van der Waals surface area contributed by atoms with Gasteiger partial charge in [-0.05, 0) is 69.2 Å². The molecule has 0 aromatic carbocycles. The van der Waals surface area contributed by atoms with Crippen LogP contribution in [0, 0.1) is 0 Å². The fourth-order valence-corrected chi connectivity index (χ4v) is 2.31. The number of carbonyl (C=O) groups is 5. The molecule has 0 saturated heterocycles. The Balaban J connectivity index is 5.43. The molecule has 14 nitrogen and oxygen atoms in total. The highest BCUT2D eigenvalue weighted by atomic mass is 16.6. The second-order valence-corrected chi connectivity index (χ2v) is 11.3. The van der Waals surface area contributed by atoms with E-state index in [1.165, 1.54) is 13.0 Å². The first kappa shape index (κ1) is 34.2. The molecule has 0 spiro atoms. The molecule has 216 valence electrons. The van der Waals surface area contributed by atoms with Gasteiger partial charge in [0.2, 0.25) is 11.9 Å². The van der Waals surface area contributed by atoms with Crippen LogP contribution in [0.25, 0.3) is 0 Å². The summed E-state index contributed by atoms with van der Waals surface area (Å²) in [6.45, 7) is 15.3. The number of nitrogens with zero attached hydrogens (tertiary/aromatic N) is 1. The number of guanidine groups is 1. The first-order chi connectivity index (χ1) is 17.0. The molecule has 38 heavy (non-hydrogen) atoms. The van der Waals surface area contributed by atoms with Gasteiger partial charge in [-0.15, -0.1) is 0 Å². The van der Waals surface area contributed by atoms with E-state index in [4.69, 9.17) is 14.2 Å². The minimum atomic E-state index is -1.86. The van der Waals surface area contributed by atoms with E-state index < -0.39 is 59.0 Å². The molecule has 0 heterocycles. The Kier molecular flexibility index (Phi) is 12.3. The van der Waals surface area contributed by atoms with Crippen LogP contribution in [0.3, 0.4) is 0 Å². The molecule has 0 rings (SSSR count). The zero-order chi connectivity index (χ0) is 29.9. The number of aliphatic imine (C=N–C) groups is 1. The molecular formula is C24H41N5O9. The molecule has 0 aliphatic heterocycles. The number of carbonyl (C=O) groups excluding carboxylic acids is 4. The van der Waals surface area contributed by atoms with Crippen LogP contribution in [0.5, 0.6) is 0 Å². The monoisotopic (exact) mass is 543 g/mol. The van der Waals surface area contributed by atoms with Crippen LogP contribution in [-0.4, -0.2) is 76.7 Å². The largest absolute Gasteiger partial charge is 0.479 e. The van der Waals surface area contributed by atoms with E-state index in [2.05, 4.69) is 26.3 Å². The lowest BCUT2D eigenvalue weighted by atomic mass is 10.0. The maximum absolute atomic E-state index is 12.2. The Morgan fingerprint density at radius 1 is 0.737 bits per heavy atom.